The van der Waals surface area contributed by atoms with Crippen LogP contribution in [0.1, 0.15) is 24.7 Å². The molecule has 1 heterocycles. The van der Waals surface area contributed by atoms with Crippen molar-refractivity contribution in [2.75, 3.05) is 5.73 Å². The van der Waals surface area contributed by atoms with E-state index in [9.17, 15) is 0 Å². The zero-order chi connectivity index (χ0) is 12.4. The Morgan fingerprint density at radius 3 is 2.41 bits per heavy atom. The van der Waals surface area contributed by atoms with Gasteiger partial charge in [-0.3, -0.25) is 0 Å². The lowest BCUT2D eigenvalue weighted by molar-refractivity contribution is 0.665. The van der Waals surface area contributed by atoms with Crippen molar-refractivity contribution in [1.29, 1.82) is 0 Å². The number of rotatable bonds is 3. The lowest BCUT2D eigenvalue weighted by Gasteiger charge is -2.05. The lowest BCUT2D eigenvalue weighted by Crippen LogP contribution is -2.04. The first-order valence-corrected chi connectivity index (χ1v) is 6.03. The topological polar surface area (TPSA) is 43.8 Å². The van der Waals surface area contributed by atoms with Crippen molar-refractivity contribution in [3.05, 3.63) is 35.7 Å². The molecule has 0 aliphatic rings. The Kier molecular flexibility index (Phi) is 3.18. The molecule has 3 nitrogen and oxygen atoms in total. The third-order valence-electron chi connectivity index (χ3n) is 2.97. The summed E-state index contributed by atoms with van der Waals surface area (Å²) >= 11 is 0. The molecule has 3 heteroatoms. The van der Waals surface area contributed by atoms with Crippen LogP contribution in [-0.4, -0.2) is 9.55 Å². The van der Waals surface area contributed by atoms with Crippen LogP contribution in [0.5, 0.6) is 0 Å². The number of hydrogen-bond acceptors (Lipinski definition) is 2. The second-order valence-electron chi connectivity index (χ2n) is 4.41. The van der Waals surface area contributed by atoms with E-state index in [-0.39, 0.29) is 0 Å². The molecular formula is C14H19N3. The minimum absolute atomic E-state index is 0.771. The molecule has 1 aromatic heterocycles. The van der Waals surface area contributed by atoms with Gasteiger partial charge in [-0.05, 0) is 20.3 Å². The van der Waals surface area contributed by atoms with Gasteiger partial charge in [0.2, 0.25) is 0 Å². The summed E-state index contributed by atoms with van der Waals surface area (Å²) in [6, 6.07) is 8.32. The molecule has 0 aliphatic carbocycles. The van der Waals surface area contributed by atoms with Crippen molar-refractivity contribution in [2.45, 2.75) is 33.7 Å². The van der Waals surface area contributed by atoms with Gasteiger partial charge in [-0.2, -0.15) is 0 Å². The van der Waals surface area contributed by atoms with Crippen molar-refractivity contribution >= 4 is 5.82 Å². The second-order valence-corrected chi connectivity index (χ2v) is 4.41. The Balaban J connectivity index is 2.46. The molecule has 0 fully saturated rings. The molecule has 0 atom stereocenters. The summed E-state index contributed by atoms with van der Waals surface area (Å²) in [6.45, 7) is 7.15. The van der Waals surface area contributed by atoms with Crippen molar-refractivity contribution in [3.63, 3.8) is 0 Å². The molecule has 2 aromatic rings. The highest BCUT2D eigenvalue weighted by Gasteiger charge is 2.12. The first-order valence-electron chi connectivity index (χ1n) is 6.03. The van der Waals surface area contributed by atoms with Crippen molar-refractivity contribution in [2.24, 2.45) is 0 Å². The molecule has 0 amide bonds. The van der Waals surface area contributed by atoms with Gasteiger partial charge >= 0.3 is 0 Å². The third kappa shape index (κ3) is 2.18. The van der Waals surface area contributed by atoms with Gasteiger partial charge in [0.15, 0.2) is 0 Å². The summed E-state index contributed by atoms with van der Waals surface area (Å²) in [5.74, 6) is 1.76. The van der Waals surface area contributed by atoms with Crippen LogP contribution < -0.4 is 5.73 Å². The number of hydrogen-bond donors (Lipinski definition) is 1. The van der Waals surface area contributed by atoms with Gasteiger partial charge in [0.1, 0.15) is 17.3 Å². The first kappa shape index (κ1) is 11.7. The quantitative estimate of drug-likeness (QED) is 0.878. The van der Waals surface area contributed by atoms with Gasteiger partial charge < -0.3 is 10.3 Å². The van der Waals surface area contributed by atoms with Crippen LogP contribution in [0.2, 0.25) is 0 Å². The fourth-order valence-corrected chi connectivity index (χ4v) is 2.01. The number of nitrogen functional groups attached to an aromatic ring is 1. The highest BCUT2D eigenvalue weighted by Crippen LogP contribution is 2.26. The van der Waals surface area contributed by atoms with E-state index in [1.54, 1.807) is 0 Å². The Morgan fingerprint density at radius 1 is 1.18 bits per heavy atom. The Bertz CT molecular complexity index is 509. The van der Waals surface area contributed by atoms with Crippen molar-refractivity contribution < 1.29 is 0 Å². The minimum Gasteiger partial charge on any atom is -0.383 e. The van der Waals surface area contributed by atoms with Crippen LogP contribution in [-0.2, 0) is 6.54 Å². The van der Waals surface area contributed by atoms with Gasteiger partial charge in [-0.25, -0.2) is 4.98 Å². The van der Waals surface area contributed by atoms with Gasteiger partial charge in [-0.1, -0.05) is 36.8 Å². The number of aryl methyl sites for hydroxylation is 2. The zero-order valence-electron chi connectivity index (χ0n) is 10.7. The molecular weight excluding hydrogens is 210 g/mol. The fraction of sp³-hybridized carbons (Fsp3) is 0.357. The maximum Gasteiger partial charge on any atom is 0.131 e. The smallest absolute Gasteiger partial charge is 0.131 e. The standard InChI is InChI=1S/C14H19N3/c1-4-9-17-11(3)16-13(14(17)15)12-7-5-10(2)6-8-12/h5-8H,4,9,15H2,1-3H3. The molecule has 1 aromatic carbocycles. The number of nitrogens with two attached hydrogens (primary N) is 1. The van der Waals surface area contributed by atoms with Crippen molar-refractivity contribution in [1.82, 2.24) is 9.55 Å². The van der Waals surface area contributed by atoms with Gasteiger partial charge in [-0.15, -0.1) is 0 Å². The Hall–Kier alpha value is -1.77. The lowest BCUT2D eigenvalue weighted by atomic mass is 10.1. The summed E-state index contributed by atoms with van der Waals surface area (Å²) in [5.41, 5.74) is 9.40. The average molecular weight is 229 g/mol. The predicted molar refractivity (Wildman–Crippen MR) is 71.8 cm³/mol. The Labute approximate surface area is 102 Å². The van der Waals surface area contributed by atoms with Crippen molar-refractivity contribution in [3.8, 4) is 11.3 Å². The van der Waals surface area contributed by atoms with Gasteiger partial charge in [0.05, 0.1) is 0 Å². The normalized spacial score (nSPS) is 10.8. The van der Waals surface area contributed by atoms with Crippen LogP contribution in [0.25, 0.3) is 11.3 Å². The summed E-state index contributed by atoms with van der Waals surface area (Å²) in [5, 5.41) is 0. The number of imidazole rings is 1. The zero-order valence-corrected chi connectivity index (χ0v) is 10.7. The van der Waals surface area contributed by atoms with Crippen LogP contribution in [0.15, 0.2) is 24.3 Å². The van der Waals surface area contributed by atoms with E-state index < -0.39 is 0 Å². The molecule has 0 radical (unpaired) electrons. The van der Waals surface area contributed by atoms with Gasteiger partial charge in [0, 0.05) is 12.1 Å². The van der Waals surface area contributed by atoms with E-state index in [0.29, 0.717) is 0 Å². The number of benzene rings is 1. The monoisotopic (exact) mass is 229 g/mol. The van der Waals surface area contributed by atoms with Crippen LogP contribution >= 0.6 is 0 Å². The van der Waals surface area contributed by atoms with E-state index in [1.807, 2.05) is 6.92 Å². The maximum absolute atomic E-state index is 6.16. The molecule has 2 N–H and O–H groups in total. The number of nitrogens with zero attached hydrogens (tertiary/aromatic N) is 2. The fourth-order valence-electron chi connectivity index (χ4n) is 2.01. The molecule has 0 unspecified atom stereocenters. The summed E-state index contributed by atoms with van der Waals surface area (Å²) < 4.78 is 2.08. The Morgan fingerprint density at radius 2 is 1.82 bits per heavy atom. The molecule has 0 spiro atoms. The summed E-state index contributed by atoms with van der Waals surface area (Å²) in [4.78, 5) is 4.57. The van der Waals surface area contributed by atoms with E-state index in [1.165, 1.54) is 5.56 Å². The number of aromatic nitrogens is 2. The van der Waals surface area contributed by atoms with E-state index in [4.69, 9.17) is 5.73 Å². The molecule has 90 valence electrons. The summed E-state index contributed by atoms with van der Waals surface area (Å²) in [6.07, 6.45) is 1.06. The predicted octanol–water partition coefficient (Wildman–Crippen LogP) is 3.16. The molecule has 0 bridgehead atoms. The van der Waals surface area contributed by atoms with Crippen LogP contribution in [0.3, 0.4) is 0 Å². The molecule has 0 aliphatic heterocycles. The molecule has 17 heavy (non-hydrogen) atoms. The maximum atomic E-state index is 6.16. The second kappa shape index (κ2) is 4.62. The van der Waals surface area contributed by atoms with Crippen LogP contribution in [0, 0.1) is 13.8 Å². The third-order valence-corrected chi connectivity index (χ3v) is 2.97. The van der Waals surface area contributed by atoms with E-state index in [0.717, 1.165) is 35.9 Å². The minimum atomic E-state index is 0.771. The molecule has 0 saturated carbocycles. The molecule has 2 rings (SSSR count). The van der Waals surface area contributed by atoms with Gasteiger partial charge in [0.25, 0.3) is 0 Å². The first-order chi connectivity index (χ1) is 8.13. The highest BCUT2D eigenvalue weighted by molar-refractivity contribution is 5.71. The van der Waals surface area contributed by atoms with Crippen LogP contribution in [0.4, 0.5) is 5.82 Å². The summed E-state index contributed by atoms with van der Waals surface area (Å²) in [7, 11) is 0. The van der Waals surface area contributed by atoms with E-state index >= 15 is 0 Å². The highest BCUT2D eigenvalue weighted by atomic mass is 15.1. The SMILES string of the molecule is CCCn1c(C)nc(-c2ccc(C)cc2)c1N. The average Bonchev–Trinajstić information content (AvgIpc) is 2.59. The van der Waals surface area contributed by atoms with E-state index in [2.05, 4.69) is 47.7 Å². The molecule has 0 saturated heterocycles. The largest absolute Gasteiger partial charge is 0.383 e. The number of anilines is 1.